The SMILES string of the molecule is Cc1noc(N2CC3[C@@H](Nc4nc(Oc5ccc(Cl)c(C(F)(F)F)c5)n(C(C)C)n4)[C@H](C2)[C@H]3C)n1. The number of alkyl halides is 3. The van der Waals surface area contributed by atoms with Gasteiger partial charge < -0.3 is 19.5 Å². The van der Waals surface area contributed by atoms with Gasteiger partial charge in [-0.1, -0.05) is 23.7 Å². The lowest BCUT2D eigenvalue weighted by atomic mass is 9.58. The van der Waals surface area contributed by atoms with Gasteiger partial charge in [0.2, 0.25) is 5.95 Å². The van der Waals surface area contributed by atoms with Crippen LogP contribution < -0.4 is 15.0 Å². The third kappa shape index (κ3) is 4.39. The van der Waals surface area contributed by atoms with Gasteiger partial charge in [-0.15, -0.1) is 5.10 Å². The van der Waals surface area contributed by atoms with Crippen LogP contribution >= 0.6 is 11.6 Å². The fourth-order valence-corrected chi connectivity index (χ4v) is 5.11. The molecule has 2 saturated heterocycles. The normalized spacial score (nSPS) is 24.0. The van der Waals surface area contributed by atoms with E-state index in [1.54, 1.807) is 6.92 Å². The average molecular weight is 512 g/mol. The molecule has 3 fully saturated rings. The number of ether oxygens (including phenoxy) is 1. The molecule has 6 rings (SSSR count). The van der Waals surface area contributed by atoms with Crippen molar-refractivity contribution in [1.29, 1.82) is 0 Å². The minimum atomic E-state index is -4.60. The quantitative estimate of drug-likeness (QED) is 0.483. The van der Waals surface area contributed by atoms with E-state index in [2.05, 4.69) is 37.4 Å². The summed E-state index contributed by atoms with van der Waals surface area (Å²) >= 11 is 5.72. The highest BCUT2D eigenvalue weighted by atomic mass is 35.5. The highest BCUT2D eigenvalue weighted by Crippen LogP contribution is 2.47. The Morgan fingerprint density at radius 3 is 2.51 bits per heavy atom. The molecule has 2 aliphatic heterocycles. The molecule has 1 N–H and O–H groups in total. The minimum absolute atomic E-state index is 0.0257. The van der Waals surface area contributed by atoms with Crippen LogP contribution in [-0.4, -0.2) is 44.0 Å². The highest BCUT2D eigenvalue weighted by Gasteiger charge is 2.53. The Morgan fingerprint density at radius 2 is 1.91 bits per heavy atom. The molecule has 1 aromatic carbocycles. The Labute approximate surface area is 204 Å². The number of anilines is 2. The van der Waals surface area contributed by atoms with Crippen LogP contribution in [-0.2, 0) is 6.18 Å². The summed E-state index contributed by atoms with van der Waals surface area (Å²) in [5.74, 6) is 2.09. The van der Waals surface area contributed by atoms with Crippen LogP contribution in [0.15, 0.2) is 22.7 Å². The first-order valence-electron chi connectivity index (χ1n) is 11.3. The number of aromatic nitrogens is 5. The Balaban J connectivity index is 1.33. The largest absolute Gasteiger partial charge is 0.424 e. The van der Waals surface area contributed by atoms with Gasteiger partial charge in [-0.2, -0.15) is 23.1 Å². The number of benzene rings is 1. The van der Waals surface area contributed by atoms with E-state index in [0.29, 0.717) is 35.5 Å². The van der Waals surface area contributed by atoms with Crippen molar-refractivity contribution in [2.45, 2.75) is 46.0 Å². The summed E-state index contributed by atoms with van der Waals surface area (Å²) in [5, 5.41) is 11.4. The molecule has 13 heteroatoms. The number of nitrogens with zero attached hydrogens (tertiary/aromatic N) is 6. The van der Waals surface area contributed by atoms with E-state index in [4.69, 9.17) is 20.9 Å². The first-order chi connectivity index (χ1) is 16.5. The van der Waals surface area contributed by atoms with Gasteiger partial charge in [0.15, 0.2) is 5.82 Å². The van der Waals surface area contributed by atoms with E-state index in [1.807, 2.05) is 13.8 Å². The second-order valence-electron chi connectivity index (χ2n) is 9.38. The fourth-order valence-electron chi connectivity index (χ4n) is 4.89. The number of nitrogens with one attached hydrogen (secondary N) is 1. The van der Waals surface area contributed by atoms with Crippen molar-refractivity contribution in [3.63, 3.8) is 0 Å². The van der Waals surface area contributed by atoms with E-state index in [1.165, 1.54) is 10.7 Å². The van der Waals surface area contributed by atoms with E-state index in [9.17, 15) is 13.2 Å². The van der Waals surface area contributed by atoms with Crippen LogP contribution in [0.2, 0.25) is 5.02 Å². The number of fused-ring (bicyclic) bond motifs is 2. The molecule has 1 unspecified atom stereocenters. The molecule has 1 saturated carbocycles. The molecule has 0 radical (unpaired) electrons. The molecule has 35 heavy (non-hydrogen) atoms. The Morgan fingerprint density at radius 1 is 1.20 bits per heavy atom. The second-order valence-corrected chi connectivity index (χ2v) is 9.79. The Kier molecular flexibility index (Phi) is 5.81. The first kappa shape index (κ1) is 23.7. The lowest BCUT2D eigenvalue weighted by molar-refractivity contribution is -0.137. The van der Waals surface area contributed by atoms with Crippen molar-refractivity contribution in [2.24, 2.45) is 17.8 Å². The zero-order valence-electron chi connectivity index (χ0n) is 19.5. The Bertz CT molecular complexity index is 1210. The summed E-state index contributed by atoms with van der Waals surface area (Å²) in [6.45, 7) is 9.30. The molecule has 3 aliphatic rings. The molecule has 188 valence electrons. The van der Waals surface area contributed by atoms with Gasteiger partial charge in [-0.05, 0) is 44.9 Å². The van der Waals surface area contributed by atoms with Gasteiger partial charge in [0.05, 0.1) is 16.6 Å². The van der Waals surface area contributed by atoms with Crippen LogP contribution in [0.5, 0.6) is 11.8 Å². The first-order valence-corrected chi connectivity index (χ1v) is 11.7. The van der Waals surface area contributed by atoms with E-state index in [-0.39, 0.29) is 23.8 Å². The van der Waals surface area contributed by atoms with Crippen LogP contribution in [0.1, 0.15) is 38.2 Å². The maximum atomic E-state index is 13.2. The predicted molar refractivity (Wildman–Crippen MR) is 122 cm³/mol. The lowest BCUT2D eigenvalue weighted by Gasteiger charge is -2.57. The molecular weight excluding hydrogens is 487 g/mol. The third-order valence-electron chi connectivity index (χ3n) is 6.76. The summed E-state index contributed by atoms with van der Waals surface area (Å²) in [6, 6.07) is 4.03. The Hall–Kier alpha value is -3.02. The van der Waals surface area contributed by atoms with Gasteiger partial charge in [0.25, 0.3) is 0 Å². The molecule has 1 aliphatic carbocycles. The zero-order chi connectivity index (χ0) is 25.1. The van der Waals surface area contributed by atoms with Crippen molar-refractivity contribution < 1.29 is 22.4 Å². The van der Waals surface area contributed by atoms with Crippen LogP contribution in [0.25, 0.3) is 0 Å². The number of aryl methyl sites for hydroxylation is 1. The lowest BCUT2D eigenvalue weighted by Crippen LogP contribution is -2.66. The second kappa shape index (κ2) is 8.58. The fraction of sp³-hybridized carbons (Fsp3) is 0.545. The van der Waals surface area contributed by atoms with Gasteiger partial charge in [0.1, 0.15) is 5.75 Å². The minimum Gasteiger partial charge on any atom is -0.424 e. The summed E-state index contributed by atoms with van der Waals surface area (Å²) in [6.07, 6.45) is -4.60. The number of rotatable bonds is 6. The number of halogens is 4. The summed E-state index contributed by atoms with van der Waals surface area (Å²) < 4.78 is 52.3. The molecule has 0 spiro atoms. The molecule has 2 aromatic heterocycles. The number of hydrogen-bond donors (Lipinski definition) is 1. The van der Waals surface area contributed by atoms with Crippen molar-refractivity contribution in [3.05, 3.63) is 34.6 Å². The summed E-state index contributed by atoms with van der Waals surface area (Å²) in [7, 11) is 0. The number of hydrogen-bond acceptors (Lipinski definition) is 8. The van der Waals surface area contributed by atoms with E-state index in [0.717, 1.165) is 25.2 Å². The molecule has 0 amide bonds. The number of piperidine rings is 2. The van der Waals surface area contributed by atoms with Gasteiger partial charge in [-0.3, -0.25) is 0 Å². The van der Waals surface area contributed by atoms with Gasteiger partial charge >= 0.3 is 18.2 Å². The van der Waals surface area contributed by atoms with Crippen LogP contribution in [0.3, 0.4) is 0 Å². The monoisotopic (exact) mass is 511 g/mol. The van der Waals surface area contributed by atoms with Crippen molar-refractivity contribution in [3.8, 4) is 11.8 Å². The molecule has 2 bridgehead atoms. The van der Waals surface area contributed by atoms with Gasteiger partial charge in [0, 0.05) is 31.0 Å². The maximum absolute atomic E-state index is 13.2. The smallest absolute Gasteiger partial charge is 0.417 e. The molecular formula is C22H25ClF3N7O2. The molecule has 4 atom stereocenters. The molecule has 9 nitrogen and oxygen atoms in total. The maximum Gasteiger partial charge on any atom is 0.417 e. The standard InChI is InChI=1S/C22H25ClF3N7O2/c1-10(2)33-21(34-13-5-6-17(23)16(7-13)22(24,25)26)29-19(30-33)28-18-14-8-32(9-15(18)11(14)3)20-27-12(4)31-35-20/h5-7,10-11,14-15,18H,8-9H2,1-4H3,(H,28,30)/t11-,14-,15?,18+/m1/s1. The summed E-state index contributed by atoms with van der Waals surface area (Å²) in [5.41, 5.74) is -0.970. The zero-order valence-corrected chi connectivity index (χ0v) is 20.3. The van der Waals surface area contributed by atoms with Crippen molar-refractivity contribution in [2.75, 3.05) is 23.3 Å². The van der Waals surface area contributed by atoms with E-state index < -0.39 is 16.8 Å². The van der Waals surface area contributed by atoms with E-state index >= 15 is 0 Å². The molecule has 4 heterocycles. The topological polar surface area (TPSA) is 94.1 Å². The third-order valence-corrected chi connectivity index (χ3v) is 7.09. The van der Waals surface area contributed by atoms with Gasteiger partial charge in [-0.25, -0.2) is 4.68 Å². The highest BCUT2D eigenvalue weighted by molar-refractivity contribution is 6.31. The van der Waals surface area contributed by atoms with Crippen molar-refractivity contribution in [1.82, 2.24) is 24.9 Å². The predicted octanol–water partition coefficient (Wildman–Crippen LogP) is 5.20. The van der Waals surface area contributed by atoms with Crippen LogP contribution in [0.4, 0.5) is 25.1 Å². The van der Waals surface area contributed by atoms with Crippen molar-refractivity contribution >= 4 is 23.6 Å². The average Bonchev–Trinajstić information content (AvgIpc) is 3.41. The summed E-state index contributed by atoms with van der Waals surface area (Å²) in [4.78, 5) is 10.9. The van der Waals surface area contributed by atoms with Crippen LogP contribution in [0, 0.1) is 24.7 Å². The molecule has 3 aromatic rings.